The van der Waals surface area contributed by atoms with E-state index in [0.29, 0.717) is 17.4 Å². The Hall–Kier alpha value is -1.98. The molecular formula is C17H15NO2S2. The number of rotatable bonds is 6. The number of hydrogen-bond donors (Lipinski definition) is 0. The summed E-state index contributed by atoms with van der Waals surface area (Å²) in [6.45, 7) is 0. The molecule has 2 aromatic heterocycles. The summed E-state index contributed by atoms with van der Waals surface area (Å²) in [6.07, 6.45) is 5.51. The van der Waals surface area contributed by atoms with Gasteiger partial charge in [-0.05, 0) is 17.0 Å². The summed E-state index contributed by atoms with van der Waals surface area (Å²) in [6, 6.07) is 13.9. The summed E-state index contributed by atoms with van der Waals surface area (Å²) < 4.78 is 17.5. The molecule has 0 aliphatic heterocycles. The molecule has 1 atom stereocenters. The minimum absolute atomic E-state index is 0.411. The van der Waals surface area contributed by atoms with Crippen molar-refractivity contribution in [3.8, 4) is 10.8 Å². The Morgan fingerprint density at radius 3 is 2.82 bits per heavy atom. The predicted octanol–water partition coefficient (Wildman–Crippen LogP) is 4.37. The Morgan fingerprint density at radius 1 is 1.18 bits per heavy atom. The SMILES string of the molecule is O=[S@@](C/C=C\c1ccccc1)Cc1coc(-c2cccs2)n1. The summed E-state index contributed by atoms with van der Waals surface area (Å²) >= 11 is 1.58. The lowest BCUT2D eigenvalue weighted by molar-refractivity contribution is 0.574. The van der Waals surface area contributed by atoms with Gasteiger partial charge in [-0.3, -0.25) is 4.21 Å². The van der Waals surface area contributed by atoms with Crippen LogP contribution in [-0.4, -0.2) is 14.9 Å². The molecule has 0 amide bonds. The highest BCUT2D eigenvalue weighted by Crippen LogP contribution is 2.23. The normalized spacial score (nSPS) is 12.7. The van der Waals surface area contributed by atoms with Crippen molar-refractivity contribution in [1.29, 1.82) is 0 Å². The summed E-state index contributed by atoms with van der Waals surface area (Å²) in [5.74, 6) is 1.52. The van der Waals surface area contributed by atoms with Gasteiger partial charge in [-0.2, -0.15) is 0 Å². The monoisotopic (exact) mass is 329 g/mol. The summed E-state index contributed by atoms with van der Waals surface area (Å²) in [4.78, 5) is 5.37. The van der Waals surface area contributed by atoms with Crippen molar-refractivity contribution < 1.29 is 8.63 Å². The quantitative estimate of drug-likeness (QED) is 0.674. The van der Waals surface area contributed by atoms with E-state index in [0.717, 1.165) is 16.1 Å². The maximum atomic E-state index is 12.1. The van der Waals surface area contributed by atoms with E-state index in [9.17, 15) is 4.21 Å². The minimum atomic E-state index is -0.984. The van der Waals surface area contributed by atoms with Crippen LogP contribution in [0, 0.1) is 0 Å². The van der Waals surface area contributed by atoms with Gasteiger partial charge in [0.05, 0.1) is 16.3 Å². The number of oxazole rings is 1. The van der Waals surface area contributed by atoms with Crippen LogP contribution >= 0.6 is 11.3 Å². The molecule has 1 aromatic carbocycles. The van der Waals surface area contributed by atoms with Gasteiger partial charge in [0.2, 0.25) is 5.89 Å². The van der Waals surface area contributed by atoms with E-state index >= 15 is 0 Å². The minimum Gasteiger partial charge on any atom is -0.444 e. The Morgan fingerprint density at radius 2 is 2.05 bits per heavy atom. The van der Waals surface area contributed by atoms with Gasteiger partial charge < -0.3 is 4.42 Å². The lowest BCUT2D eigenvalue weighted by Crippen LogP contribution is -1.98. The third-order valence-corrected chi connectivity index (χ3v) is 5.02. The highest BCUT2D eigenvalue weighted by Gasteiger charge is 2.09. The van der Waals surface area contributed by atoms with E-state index in [-0.39, 0.29) is 0 Å². The second-order valence-electron chi connectivity index (χ2n) is 4.69. The molecule has 112 valence electrons. The van der Waals surface area contributed by atoms with Crippen LogP contribution in [-0.2, 0) is 16.6 Å². The van der Waals surface area contributed by atoms with Crippen LogP contribution in [0.5, 0.6) is 0 Å². The zero-order valence-corrected chi connectivity index (χ0v) is 13.5. The van der Waals surface area contributed by atoms with Crippen molar-refractivity contribution in [2.75, 3.05) is 5.75 Å². The average Bonchev–Trinajstić information content (AvgIpc) is 3.19. The van der Waals surface area contributed by atoms with E-state index in [2.05, 4.69) is 4.98 Å². The lowest BCUT2D eigenvalue weighted by Gasteiger charge is -1.95. The zero-order chi connectivity index (χ0) is 15.2. The second kappa shape index (κ2) is 7.33. The van der Waals surface area contributed by atoms with E-state index in [1.165, 1.54) is 0 Å². The van der Waals surface area contributed by atoms with Crippen molar-refractivity contribution >= 4 is 28.2 Å². The smallest absolute Gasteiger partial charge is 0.236 e. The molecule has 0 saturated carbocycles. The van der Waals surface area contributed by atoms with Gasteiger partial charge in [0.25, 0.3) is 0 Å². The predicted molar refractivity (Wildman–Crippen MR) is 92.0 cm³/mol. The molecule has 5 heteroatoms. The number of hydrogen-bond acceptors (Lipinski definition) is 4. The summed E-state index contributed by atoms with van der Waals surface area (Å²) in [5, 5.41) is 1.98. The molecule has 3 aromatic rings. The Kier molecular flexibility index (Phi) is 4.98. The van der Waals surface area contributed by atoms with E-state index in [1.807, 2.05) is 60.0 Å². The summed E-state index contributed by atoms with van der Waals surface area (Å²) in [7, 11) is -0.984. The molecule has 0 spiro atoms. The number of nitrogens with zero attached hydrogens (tertiary/aromatic N) is 1. The first-order valence-corrected chi connectivity index (χ1v) is 9.23. The lowest BCUT2D eigenvalue weighted by atomic mass is 10.2. The van der Waals surface area contributed by atoms with Crippen LogP contribution in [0.4, 0.5) is 0 Å². The molecule has 0 aliphatic rings. The molecule has 0 unspecified atom stereocenters. The van der Waals surface area contributed by atoms with Gasteiger partial charge in [-0.15, -0.1) is 11.3 Å². The fourth-order valence-electron chi connectivity index (χ4n) is 1.97. The van der Waals surface area contributed by atoms with Crippen LogP contribution in [0.3, 0.4) is 0 Å². The molecule has 0 radical (unpaired) electrons. The Labute approximate surface area is 135 Å². The van der Waals surface area contributed by atoms with Crippen molar-refractivity contribution in [3.05, 3.63) is 71.4 Å². The van der Waals surface area contributed by atoms with Gasteiger partial charge >= 0.3 is 0 Å². The topological polar surface area (TPSA) is 43.1 Å². The van der Waals surface area contributed by atoms with Crippen LogP contribution < -0.4 is 0 Å². The number of aromatic nitrogens is 1. The first kappa shape index (κ1) is 14.9. The largest absolute Gasteiger partial charge is 0.444 e. The van der Waals surface area contributed by atoms with Crippen LogP contribution in [0.15, 0.2) is 64.6 Å². The highest BCUT2D eigenvalue weighted by atomic mass is 32.2. The third kappa shape index (κ3) is 4.02. The van der Waals surface area contributed by atoms with Gasteiger partial charge in [0, 0.05) is 16.6 Å². The molecule has 22 heavy (non-hydrogen) atoms. The molecule has 0 aliphatic carbocycles. The molecular weight excluding hydrogens is 314 g/mol. The van der Waals surface area contributed by atoms with Crippen molar-refractivity contribution in [2.45, 2.75) is 5.75 Å². The van der Waals surface area contributed by atoms with Gasteiger partial charge in [-0.1, -0.05) is 48.6 Å². The maximum absolute atomic E-state index is 12.1. The molecule has 3 nitrogen and oxygen atoms in total. The maximum Gasteiger partial charge on any atom is 0.236 e. The second-order valence-corrected chi connectivity index (χ2v) is 7.13. The average molecular weight is 329 g/mol. The molecule has 0 bridgehead atoms. The van der Waals surface area contributed by atoms with Gasteiger partial charge in [0.1, 0.15) is 6.26 Å². The van der Waals surface area contributed by atoms with E-state index in [1.54, 1.807) is 17.6 Å². The number of thiophene rings is 1. The Balaban J connectivity index is 1.55. The highest BCUT2D eigenvalue weighted by molar-refractivity contribution is 7.84. The molecule has 0 N–H and O–H groups in total. The standard InChI is InChI=1S/C17H15NO2S2/c19-22(11-5-8-14-6-2-1-3-7-14)13-15-12-20-17(18-15)16-9-4-10-21-16/h1-10,12H,11,13H2/b8-5-/t22-/m0/s1. The first-order valence-electron chi connectivity index (χ1n) is 6.86. The van der Waals surface area contributed by atoms with Gasteiger partial charge in [-0.25, -0.2) is 4.98 Å². The van der Waals surface area contributed by atoms with Crippen LogP contribution in [0.25, 0.3) is 16.8 Å². The van der Waals surface area contributed by atoms with E-state index < -0.39 is 10.8 Å². The molecule has 2 heterocycles. The van der Waals surface area contributed by atoms with Crippen LogP contribution in [0.1, 0.15) is 11.3 Å². The summed E-state index contributed by atoms with van der Waals surface area (Å²) in [5.41, 5.74) is 1.84. The fourth-order valence-corrected chi connectivity index (χ4v) is 3.51. The third-order valence-electron chi connectivity index (χ3n) is 2.98. The first-order chi connectivity index (χ1) is 10.8. The zero-order valence-electron chi connectivity index (χ0n) is 11.8. The van der Waals surface area contributed by atoms with E-state index in [4.69, 9.17) is 4.42 Å². The molecule has 0 fully saturated rings. The molecule has 3 rings (SSSR count). The molecule has 0 saturated heterocycles. The van der Waals surface area contributed by atoms with Crippen LogP contribution in [0.2, 0.25) is 0 Å². The number of benzene rings is 1. The van der Waals surface area contributed by atoms with Gasteiger partial charge in [0.15, 0.2) is 0 Å². The van der Waals surface area contributed by atoms with Crippen molar-refractivity contribution in [3.63, 3.8) is 0 Å². The fraction of sp³-hybridized carbons (Fsp3) is 0.118. The van der Waals surface area contributed by atoms with Crippen molar-refractivity contribution in [2.24, 2.45) is 0 Å². The van der Waals surface area contributed by atoms with Crippen molar-refractivity contribution in [1.82, 2.24) is 4.98 Å². The Bertz CT molecular complexity index is 761.